The summed E-state index contributed by atoms with van der Waals surface area (Å²) in [5.41, 5.74) is 0. The summed E-state index contributed by atoms with van der Waals surface area (Å²) in [4.78, 5) is 13.9. The normalized spacial score (nSPS) is 27.2. The number of nitrogens with one attached hydrogen (secondary N) is 2. The van der Waals surface area contributed by atoms with Crippen LogP contribution in [0.1, 0.15) is 32.1 Å². The van der Waals surface area contributed by atoms with Gasteiger partial charge in [-0.3, -0.25) is 0 Å². The van der Waals surface area contributed by atoms with Gasteiger partial charge in [-0.2, -0.15) is 0 Å². The molecule has 0 spiro atoms. The van der Waals surface area contributed by atoms with Gasteiger partial charge in [0, 0.05) is 19.1 Å². The van der Waals surface area contributed by atoms with Gasteiger partial charge in [0.15, 0.2) is 0 Å². The van der Waals surface area contributed by atoms with E-state index in [1.165, 1.54) is 19.3 Å². The van der Waals surface area contributed by atoms with Crippen molar-refractivity contribution < 1.29 is 4.79 Å². The number of carbonyl (C=O) groups excluding carboxylic acids is 1. The number of nitrogens with zero attached hydrogens (tertiary/aromatic N) is 1. The molecule has 2 rings (SSSR count). The SMILES string of the molecule is CN1CCC(CNC(=O)NC2CCCC2)C1. The molecule has 1 saturated carbocycles. The van der Waals surface area contributed by atoms with E-state index in [1.807, 2.05) is 0 Å². The van der Waals surface area contributed by atoms with Crippen LogP contribution in [0.4, 0.5) is 4.79 Å². The van der Waals surface area contributed by atoms with Crippen LogP contribution in [-0.2, 0) is 0 Å². The average molecular weight is 225 g/mol. The van der Waals surface area contributed by atoms with E-state index in [0.717, 1.165) is 32.5 Å². The van der Waals surface area contributed by atoms with Gasteiger partial charge in [0.1, 0.15) is 0 Å². The van der Waals surface area contributed by atoms with Crippen molar-refractivity contribution in [2.45, 2.75) is 38.1 Å². The fourth-order valence-corrected chi connectivity index (χ4v) is 2.74. The molecule has 0 radical (unpaired) electrons. The van der Waals surface area contributed by atoms with Gasteiger partial charge >= 0.3 is 6.03 Å². The monoisotopic (exact) mass is 225 g/mol. The Bertz CT molecular complexity index is 238. The molecule has 1 heterocycles. The van der Waals surface area contributed by atoms with Crippen molar-refractivity contribution >= 4 is 6.03 Å². The Labute approximate surface area is 97.8 Å². The Balaban J connectivity index is 1.60. The molecule has 2 amide bonds. The first-order chi connectivity index (χ1) is 7.74. The van der Waals surface area contributed by atoms with Gasteiger partial charge in [-0.25, -0.2) is 4.79 Å². The maximum Gasteiger partial charge on any atom is 0.315 e. The summed E-state index contributed by atoms with van der Waals surface area (Å²) in [6.45, 7) is 3.10. The molecule has 2 N–H and O–H groups in total. The van der Waals surface area contributed by atoms with E-state index in [2.05, 4.69) is 22.6 Å². The summed E-state index contributed by atoms with van der Waals surface area (Å²) in [5, 5.41) is 6.05. The van der Waals surface area contributed by atoms with E-state index >= 15 is 0 Å². The van der Waals surface area contributed by atoms with Crippen molar-refractivity contribution in [2.24, 2.45) is 5.92 Å². The number of rotatable bonds is 3. The zero-order valence-corrected chi connectivity index (χ0v) is 10.2. The Morgan fingerprint density at radius 3 is 2.69 bits per heavy atom. The van der Waals surface area contributed by atoms with E-state index in [9.17, 15) is 4.79 Å². The molecule has 1 aliphatic carbocycles. The fourth-order valence-electron chi connectivity index (χ4n) is 2.74. The number of likely N-dealkylation sites (tertiary alicyclic amines) is 1. The third-order valence-electron chi connectivity index (χ3n) is 3.73. The smallest absolute Gasteiger partial charge is 0.315 e. The first-order valence-electron chi connectivity index (χ1n) is 6.47. The standard InChI is InChI=1S/C12H23N3O/c1-15-7-6-10(9-15)8-13-12(16)14-11-4-2-3-5-11/h10-11H,2-9H2,1H3,(H2,13,14,16). The minimum atomic E-state index is 0.0291. The van der Waals surface area contributed by atoms with Crippen LogP contribution >= 0.6 is 0 Å². The van der Waals surface area contributed by atoms with E-state index in [0.29, 0.717) is 12.0 Å². The Morgan fingerprint density at radius 2 is 2.06 bits per heavy atom. The van der Waals surface area contributed by atoms with Crippen LogP contribution < -0.4 is 10.6 Å². The summed E-state index contributed by atoms with van der Waals surface area (Å²) >= 11 is 0. The van der Waals surface area contributed by atoms with Gasteiger partial charge in [0.25, 0.3) is 0 Å². The van der Waals surface area contributed by atoms with E-state index in [-0.39, 0.29) is 6.03 Å². The third kappa shape index (κ3) is 3.37. The molecule has 4 heteroatoms. The summed E-state index contributed by atoms with van der Waals surface area (Å²) in [5.74, 6) is 0.638. The van der Waals surface area contributed by atoms with Gasteiger partial charge in [-0.15, -0.1) is 0 Å². The molecule has 1 saturated heterocycles. The lowest BCUT2D eigenvalue weighted by atomic mass is 10.1. The fraction of sp³-hybridized carbons (Fsp3) is 0.917. The van der Waals surface area contributed by atoms with Crippen LogP contribution in [-0.4, -0.2) is 43.7 Å². The van der Waals surface area contributed by atoms with Crippen molar-refractivity contribution in [2.75, 3.05) is 26.7 Å². The molecule has 0 aromatic rings. The second-order valence-electron chi connectivity index (χ2n) is 5.25. The van der Waals surface area contributed by atoms with Crippen LogP contribution in [0.15, 0.2) is 0 Å². The highest BCUT2D eigenvalue weighted by Crippen LogP contribution is 2.17. The molecule has 16 heavy (non-hydrogen) atoms. The molecule has 1 aliphatic heterocycles. The van der Waals surface area contributed by atoms with Gasteiger partial charge in [-0.1, -0.05) is 12.8 Å². The zero-order chi connectivity index (χ0) is 11.4. The minimum Gasteiger partial charge on any atom is -0.338 e. The molecule has 2 aliphatic rings. The summed E-state index contributed by atoms with van der Waals surface area (Å²) in [6.07, 6.45) is 6.04. The van der Waals surface area contributed by atoms with E-state index in [1.54, 1.807) is 0 Å². The molecule has 0 bridgehead atoms. The highest BCUT2D eigenvalue weighted by Gasteiger charge is 2.21. The molecule has 1 atom stereocenters. The number of urea groups is 1. The number of amides is 2. The van der Waals surface area contributed by atoms with Gasteiger partial charge < -0.3 is 15.5 Å². The largest absolute Gasteiger partial charge is 0.338 e. The molecule has 1 unspecified atom stereocenters. The molecule has 92 valence electrons. The molecule has 2 fully saturated rings. The molecular formula is C12H23N3O. The molecule has 4 nitrogen and oxygen atoms in total. The molecule has 0 aromatic heterocycles. The van der Waals surface area contributed by atoms with Crippen LogP contribution in [0.25, 0.3) is 0 Å². The second kappa shape index (κ2) is 5.53. The second-order valence-corrected chi connectivity index (χ2v) is 5.25. The Hall–Kier alpha value is -0.770. The summed E-state index contributed by atoms with van der Waals surface area (Å²) in [7, 11) is 2.14. The van der Waals surface area contributed by atoms with Crippen molar-refractivity contribution in [3.05, 3.63) is 0 Å². The lowest BCUT2D eigenvalue weighted by molar-refractivity contribution is 0.235. The average Bonchev–Trinajstić information content (AvgIpc) is 2.87. The number of carbonyl (C=O) groups is 1. The first kappa shape index (κ1) is 11.7. The van der Waals surface area contributed by atoms with Crippen molar-refractivity contribution in [3.8, 4) is 0 Å². The van der Waals surface area contributed by atoms with Crippen LogP contribution in [0.2, 0.25) is 0 Å². The Morgan fingerprint density at radius 1 is 1.31 bits per heavy atom. The highest BCUT2D eigenvalue weighted by atomic mass is 16.2. The summed E-state index contributed by atoms with van der Waals surface area (Å²) in [6, 6.07) is 0.452. The maximum atomic E-state index is 11.6. The van der Waals surface area contributed by atoms with Crippen LogP contribution in [0.3, 0.4) is 0 Å². The Kier molecular flexibility index (Phi) is 4.04. The molecule has 0 aromatic carbocycles. The molecular weight excluding hydrogens is 202 g/mol. The zero-order valence-electron chi connectivity index (χ0n) is 10.2. The predicted molar refractivity (Wildman–Crippen MR) is 64.4 cm³/mol. The lowest BCUT2D eigenvalue weighted by Crippen LogP contribution is -2.42. The maximum absolute atomic E-state index is 11.6. The number of hydrogen-bond donors (Lipinski definition) is 2. The van der Waals surface area contributed by atoms with Crippen molar-refractivity contribution in [1.82, 2.24) is 15.5 Å². The van der Waals surface area contributed by atoms with Crippen LogP contribution in [0.5, 0.6) is 0 Å². The van der Waals surface area contributed by atoms with E-state index in [4.69, 9.17) is 0 Å². The minimum absolute atomic E-state index is 0.0291. The van der Waals surface area contributed by atoms with Crippen molar-refractivity contribution in [3.63, 3.8) is 0 Å². The lowest BCUT2D eigenvalue weighted by Gasteiger charge is -2.15. The predicted octanol–water partition coefficient (Wildman–Crippen LogP) is 1.18. The van der Waals surface area contributed by atoms with E-state index < -0.39 is 0 Å². The third-order valence-corrected chi connectivity index (χ3v) is 3.73. The number of hydrogen-bond acceptors (Lipinski definition) is 2. The quantitative estimate of drug-likeness (QED) is 0.757. The van der Waals surface area contributed by atoms with Crippen molar-refractivity contribution in [1.29, 1.82) is 0 Å². The van der Waals surface area contributed by atoms with Gasteiger partial charge in [0.2, 0.25) is 0 Å². The highest BCUT2D eigenvalue weighted by molar-refractivity contribution is 5.74. The first-order valence-corrected chi connectivity index (χ1v) is 6.47. The van der Waals surface area contributed by atoms with Gasteiger partial charge in [-0.05, 0) is 38.8 Å². The van der Waals surface area contributed by atoms with Crippen LogP contribution in [0, 0.1) is 5.92 Å². The summed E-state index contributed by atoms with van der Waals surface area (Å²) < 4.78 is 0. The topological polar surface area (TPSA) is 44.4 Å². The van der Waals surface area contributed by atoms with Gasteiger partial charge in [0.05, 0.1) is 0 Å².